The van der Waals surface area contributed by atoms with Crippen molar-refractivity contribution in [3.05, 3.63) is 36.8 Å². The number of hydrogen-bond acceptors (Lipinski definition) is 5. The summed E-state index contributed by atoms with van der Waals surface area (Å²) in [5, 5.41) is -0.112. The third-order valence-corrected chi connectivity index (χ3v) is 3.87. The van der Waals surface area contributed by atoms with Crippen LogP contribution in [0.15, 0.2) is 41.8 Å². The first-order valence-electron chi connectivity index (χ1n) is 5.33. The van der Waals surface area contributed by atoms with Gasteiger partial charge in [0.05, 0.1) is 0 Å². The van der Waals surface area contributed by atoms with Gasteiger partial charge in [-0.15, -0.1) is 0 Å². The van der Waals surface area contributed by atoms with Crippen molar-refractivity contribution in [2.75, 3.05) is 10.5 Å². The standard InChI is InChI=1S/C10H10N6O2S/c11-8-9(16-6-2-1-3-7(16)14-8)19(17,18)15-10-12-4-5-13-10/h1-6H,11H2,(H2,12,13,15). The summed E-state index contributed by atoms with van der Waals surface area (Å²) in [6, 6.07) is 5.11. The number of nitrogens with two attached hydrogens (primary N) is 1. The molecule has 98 valence electrons. The predicted molar refractivity (Wildman–Crippen MR) is 69.0 cm³/mol. The number of nitrogens with one attached hydrogen (secondary N) is 2. The molecule has 0 saturated heterocycles. The smallest absolute Gasteiger partial charge is 0.284 e. The van der Waals surface area contributed by atoms with Crippen LogP contribution in [0.3, 0.4) is 0 Å². The summed E-state index contributed by atoms with van der Waals surface area (Å²) in [6.45, 7) is 0. The Morgan fingerprint density at radius 3 is 2.95 bits per heavy atom. The Morgan fingerprint density at radius 2 is 2.21 bits per heavy atom. The molecule has 3 rings (SSSR count). The van der Waals surface area contributed by atoms with Gasteiger partial charge in [0.1, 0.15) is 5.65 Å². The second-order valence-electron chi connectivity index (χ2n) is 3.77. The Morgan fingerprint density at radius 1 is 1.37 bits per heavy atom. The normalized spacial score (nSPS) is 11.8. The Hall–Kier alpha value is -2.55. The lowest BCUT2D eigenvalue weighted by Gasteiger charge is -2.05. The van der Waals surface area contributed by atoms with Crippen molar-refractivity contribution in [1.29, 1.82) is 0 Å². The largest absolute Gasteiger partial charge is 0.381 e. The van der Waals surface area contributed by atoms with Crippen molar-refractivity contribution in [3.63, 3.8) is 0 Å². The number of pyridine rings is 1. The van der Waals surface area contributed by atoms with Crippen LogP contribution >= 0.6 is 0 Å². The van der Waals surface area contributed by atoms with Gasteiger partial charge in [-0.25, -0.2) is 14.7 Å². The summed E-state index contributed by atoms with van der Waals surface area (Å²) >= 11 is 0. The van der Waals surface area contributed by atoms with Crippen molar-refractivity contribution in [1.82, 2.24) is 19.4 Å². The van der Waals surface area contributed by atoms with Gasteiger partial charge in [-0.3, -0.25) is 4.40 Å². The molecule has 0 amide bonds. The summed E-state index contributed by atoms with van der Waals surface area (Å²) in [7, 11) is -3.87. The van der Waals surface area contributed by atoms with Gasteiger partial charge < -0.3 is 10.7 Å². The lowest BCUT2D eigenvalue weighted by atomic mass is 10.5. The zero-order valence-corrected chi connectivity index (χ0v) is 10.4. The number of aromatic nitrogens is 4. The Bertz CT molecular complexity index is 821. The van der Waals surface area contributed by atoms with Gasteiger partial charge in [-0.2, -0.15) is 8.42 Å². The highest BCUT2D eigenvalue weighted by molar-refractivity contribution is 7.92. The number of sulfonamides is 1. The predicted octanol–water partition coefficient (Wildman–Crippen LogP) is 0.440. The third-order valence-electron chi connectivity index (χ3n) is 2.50. The minimum atomic E-state index is -3.87. The maximum Gasteiger partial charge on any atom is 0.284 e. The Balaban J connectivity index is 2.15. The zero-order valence-electron chi connectivity index (χ0n) is 9.61. The van der Waals surface area contributed by atoms with Crippen molar-refractivity contribution in [2.24, 2.45) is 0 Å². The van der Waals surface area contributed by atoms with Crippen molar-refractivity contribution >= 4 is 27.4 Å². The molecule has 0 unspecified atom stereocenters. The number of aromatic amines is 1. The van der Waals surface area contributed by atoms with Crippen LogP contribution in [-0.2, 0) is 10.0 Å². The molecular formula is C10H10N6O2S. The van der Waals surface area contributed by atoms with E-state index < -0.39 is 10.0 Å². The molecule has 3 heterocycles. The van der Waals surface area contributed by atoms with Crippen LogP contribution in [0.1, 0.15) is 0 Å². The van der Waals surface area contributed by atoms with Gasteiger partial charge in [-0.1, -0.05) is 6.07 Å². The van der Waals surface area contributed by atoms with Crippen LogP contribution in [0.5, 0.6) is 0 Å². The average Bonchev–Trinajstić information content (AvgIpc) is 2.94. The van der Waals surface area contributed by atoms with E-state index in [0.29, 0.717) is 5.65 Å². The summed E-state index contributed by atoms with van der Waals surface area (Å²) in [5.74, 6) is 0.0514. The van der Waals surface area contributed by atoms with Crippen LogP contribution in [0.2, 0.25) is 0 Å². The number of imidazole rings is 2. The average molecular weight is 278 g/mol. The summed E-state index contributed by atoms with van der Waals surface area (Å²) in [6.07, 6.45) is 4.53. The first kappa shape index (κ1) is 11.5. The fourth-order valence-corrected chi connectivity index (χ4v) is 2.95. The van der Waals surface area contributed by atoms with Crippen LogP contribution in [0.4, 0.5) is 11.8 Å². The van der Waals surface area contributed by atoms with Crippen LogP contribution in [0, 0.1) is 0 Å². The summed E-state index contributed by atoms with van der Waals surface area (Å²) in [4.78, 5) is 10.5. The highest BCUT2D eigenvalue weighted by Gasteiger charge is 2.24. The topological polar surface area (TPSA) is 118 Å². The number of nitrogen functional groups attached to an aromatic ring is 1. The van der Waals surface area contributed by atoms with Gasteiger partial charge in [0.15, 0.2) is 5.82 Å². The van der Waals surface area contributed by atoms with Gasteiger partial charge in [0.25, 0.3) is 10.0 Å². The molecule has 9 heteroatoms. The molecule has 19 heavy (non-hydrogen) atoms. The van der Waals surface area contributed by atoms with Crippen molar-refractivity contribution < 1.29 is 8.42 Å². The van der Waals surface area contributed by atoms with Crippen LogP contribution in [0.25, 0.3) is 5.65 Å². The minimum absolute atomic E-state index is 0.0646. The highest BCUT2D eigenvalue weighted by Crippen LogP contribution is 2.21. The van der Waals surface area contributed by atoms with E-state index in [2.05, 4.69) is 19.7 Å². The molecule has 3 aromatic rings. The van der Waals surface area contributed by atoms with Gasteiger partial charge in [-0.05, 0) is 12.1 Å². The summed E-state index contributed by atoms with van der Waals surface area (Å²) < 4.78 is 28.3. The lowest BCUT2D eigenvalue weighted by molar-refractivity contribution is 0.596. The first-order chi connectivity index (χ1) is 9.08. The van der Waals surface area contributed by atoms with E-state index in [1.54, 1.807) is 24.4 Å². The molecule has 0 radical (unpaired) electrons. The number of H-pyrrole nitrogens is 1. The molecule has 0 aliphatic heterocycles. The third kappa shape index (κ3) is 1.89. The van der Waals surface area contributed by atoms with E-state index in [0.717, 1.165) is 0 Å². The van der Waals surface area contributed by atoms with Crippen molar-refractivity contribution in [3.8, 4) is 0 Å². The molecule has 3 aromatic heterocycles. The van der Waals surface area contributed by atoms with Crippen LogP contribution in [-0.4, -0.2) is 27.8 Å². The Kier molecular flexibility index (Phi) is 2.42. The molecule has 0 aliphatic rings. The molecular weight excluding hydrogens is 268 g/mol. The zero-order chi connectivity index (χ0) is 13.5. The lowest BCUT2D eigenvalue weighted by Crippen LogP contribution is -2.17. The van der Waals surface area contributed by atoms with E-state index in [4.69, 9.17) is 5.73 Å². The van der Waals surface area contributed by atoms with Gasteiger partial charge >= 0.3 is 0 Å². The molecule has 8 nitrogen and oxygen atoms in total. The summed E-state index contributed by atoms with van der Waals surface area (Å²) in [5.41, 5.74) is 6.14. The number of hydrogen-bond donors (Lipinski definition) is 3. The number of fused-ring (bicyclic) bond motifs is 1. The SMILES string of the molecule is Nc1nc2ccccn2c1S(=O)(=O)Nc1ncc[nH]1. The fourth-order valence-electron chi connectivity index (χ4n) is 1.76. The maximum atomic E-state index is 12.3. The monoisotopic (exact) mass is 278 g/mol. The van der Waals surface area contributed by atoms with E-state index in [9.17, 15) is 8.42 Å². The number of rotatable bonds is 3. The van der Waals surface area contributed by atoms with Crippen LogP contribution < -0.4 is 10.5 Å². The number of nitrogens with zero attached hydrogens (tertiary/aromatic N) is 3. The number of anilines is 2. The van der Waals surface area contributed by atoms with Crippen molar-refractivity contribution in [2.45, 2.75) is 5.03 Å². The molecule has 0 fully saturated rings. The first-order valence-corrected chi connectivity index (χ1v) is 6.81. The minimum Gasteiger partial charge on any atom is -0.381 e. The van der Waals surface area contributed by atoms with E-state index in [1.807, 2.05) is 0 Å². The maximum absolute atomic E-state index is 12.3. The van der Waals surface area contributed by atoms with Gasteiger partial charge in [0, 0.05) is 18.6 Å². The quantitative estimate of drug-likeness (QED) is 0.642. The van der Waals surface area contributed by atoms with E-state index in [1.165, 1.54) is 16.8 Å². The Labute approximate surface area is 108 Å². The second-order valence-corrected chi connectivity index (χ2v) is 5.37. The molecule has 0 spiro atoms. The molecule has 0 bridgehead atoms. The second kappa shape index (κ2) is 3.99. The molecule has 0 atom stereocenters. The van der Waals surface area contributed by atoms with E-state index >= 15 is 0 Å². The van der Waals surface area contributed by atoms with Gasteiger partial charge in [0.2, 0.25) is 11.0 Å². The fraction of sp³-hybridized carbons (Fsp3) is 0. The molecule has 0 saturated carbocycles. The highest BCUT2D eigenvalue weighted by atomic mass is 32.2. The molecule has 0 aromatic carbocycles. The molecule has 0 aliphatic carbocycles. The van der Waals surface area contributed by atoms with E-state index in [-0.39, 0.29) is 16.8 Å². The molecule has 4 N–H and O–H groups in total.